The molecule has 0 unspecified atom stereocenters. The predicted octanol–water partition coefficient (Wildman–Crippen LogP) is 3.18. The SMILES string of the molecule is C/C=C/c1ccn(-c2ccc(C)cc2)c(=O)c1. The molecule has 2 aromatic rings. The Kier molecular flexibility index (Phi) is 3.24. The Labute approximate surface area is 101 Å². The monoisotopic (exact) mass is 225 g/mol. The summed E-state index contributed by atoms with van der Waals surface area (Å²) in [6.45, 7) is 3.97. The molecule has 0 saturated carbocycles. The summed E-state index contributed by atoms with van der Waals surface area (Å²) in [5.74, 6) is 0. The third-order valence-electron chi connectivity index (χ3n) is 2.61. The maximum atomic E-state index is 11.9. The molecule has 2 nitrogen and oxygen atoms in total. The Bertz CT molecular complexity index is 591. The van der Waals surface area contributed by atoms with E-state index >= 15 is 0 Å². The number of nitrogens with zero attached hydrogens (tertiary/aromatic N) is 1. The zero-order valence-corrected chi connectivity index (χ0v) is 10.1. The van der Waals surface area contributed by atoms with E-state index < -0.39 is 0 Å². The molecule has 17 heavy (non-hydrogen) atoms. The van der Waals surface area contributed by atoms with Crippen molar-refractivity contribution in [2.75, 3.05) is 0 Å². The van der Waals surface area contributed by atoms with E-state index in [4.69, 9.17) is 0 Å². The minimum absolute atomic E-state index is 0.00977. The maximum Gasteiger partial charge on any atom is 0.255 e. The fourth-order valence-electron chi connectivity index (χ4n) is 1.71. The number of hydrogen-bond donors (Lipinski definition) is 0. The number of aromatic nitrogens is 1. The average Bonchev–Trinajstić information content (AvgIpc) is 2.31. The lowest BCUT2D eigenvalue weighted by atomic mass is 10.2. The summed E-state index contributed by atoms with van der Waals surface area (Å²) >= 11 is 0. The average molecular weight is 225 g/mol. The number of aryl methyl sites for hydroxylation is 1. The third kappa shape index (κ3) is 2.53. The summed E-state index contributed by atoms with van der Waals surface area (Å²) < 4.78 is 1.65. The van der Waals surface area contributed by atoms with Crippen molar-refractivity contribution in [3.63, 3.8) is 0 Å². The molecule has 0 N–H and O–H groups in total. The minimum atomic E-state index is -0.00977. The van der Waals surface area contributed by atoms with Crippen LogP contribution in [0.25, 0.3) is 11.8 Å². The van der Waals surface area contributed by atoms with Crippen LogP contribution in [0.5, 0.6) is 0 Å². The molecule has 1 aromatic carbocycles. The van der Waals surface area contributed by atoms with Crippen LogP contribution in [-0.2, 0) is 0 Å². The molecule has 0 saturated heterocycles. The Hall–Kier alpha value is -2.09. The van der Waals surface area contributed by atoms with Gasteiger partial charge in [-0.3, -0.25) is 9.36 Å². The van der Waals surface area contributed by atoms with Gasteiger partial charge in [-0.25, -0.2) is 0 Å². The molecule has 86 valence electrons. The standard InChI is InChI=1S/C15H15NO/c1-3-4-13-9-10-16(15(17)11-13)14-7-5-12(2)6-8-14/h3-11H,1-2H3/b4-3+. The molecule has 2 heteroatoms. The molecule has 1 heterocycles. The molecule has 0 fully saturated rings. The van der Waals surface area contributed by atoms with Crippen molar-refractivity contribution in [1.82, 2.24) is 4.57 Å². The van der Waals surface area contributed by atoms with E-state index in [2.05, 4.69) is 0 Å². The number of benzene rings is 1. The van der Waals surface area contributed by atoms with Crippen LogP contribution in [0.1, 0.15) is 18.1 Å². The fraction of sp³-hybridized carbons (Fsp3) is 0.133. The van der Waals surface area contributed by atoms with E-state index in [0.29, 0.717) is 0 Å². The Morgan fingerprint density at radius 3 is 2.41 bits per heavy atom. The van der Waals surface area contributed by atoms with Crippen LogP contribution in [0.2, 0.25) is 0 Å². The van der Waals surface area contributed by atoms with Crippen molar-refractivity contribution in [1.29, 1.82) is 0 Å². The van der Waals surface area contributed by atoms with Gasteiger partial charge in [-0.1, -0.05) is 29.8 Å². The second kappa shape index (κ2) is 4.83. The maximum absolute atomic E-state index is 11.9. The van der Waals surface area contributed by atoms with E-state index in [1.165, 1.54) is 5.56 Å². The highest BCUT2D eigenvalue weighted by atomic mass is 16.1. The van der Waals surface area contributed by atoms with Gasteiger partial charge in [0.15, 0.2) is 0 Å². The van der Waals surface area contributed by atoms with Gasteiger partial charge >= 0.3 is 0 Å². The molecule has 0 radical (unpaired) electrons. The highest BCUT2D eigenvalue weighted by molar-refractivity contribution is 5.48. The topological polar surface area (TPSA) is 22.0 Å². The number of rotatable bonds is 2. The van der Waals surface area contributed by atoms with E-state index in [1.54, 1.807) is 10.6 Å². The number of hydrogen-bond acceptors (Lipinski definition) is 1. The Balaban J connectivity index is 2.47. The molecule has 0 aliphatic rings. The summed E-state index contributed by atoms with van der Waals surface area (Å²) in [4.78, 5) is 11.9. The van der Waals surface area contributed by atoms with Gasteiger partial charge in [-0.2, -0.15) is 0 Å². The van der Waals surface area contributed by atoms with Crippen molar-refractivity contribution in [3.05, 3.63) is 70.2 Å². The Morgan fingerprint density at radius 2 is 1.82 bits per heavy atom. The summed E-state index contributed by atoms with van der Waals surface area (Å²) in [5.41, 5.74) is 3.00. The summed E-state index contributed by atoms with van der Waals surface area (Å²) in [6, 6.07) is 11.5. The van der Waals surface area contributed by atoms with E-state index in [9.17, 15) is 4.79 Å². The van der Waals surface area contributed by atoms with Gasteiger partial charge in [-0.15, -0.1) is 0 Å². The number of allylic oxidation sites excluding steroid dienone is 1. The van der Waals surface area contributed by atoms with E-state index in [1.807, 2.05) is 62.5 Å². The fourth-order valence-corrected chi connectivity index (χ4v) is 1.71. The quantitative estimate of drug-likeness (QED) is 0.769. The van der Waals surface area contributed by atoms with Crippen LogP contribution >= 0.6 is 0 Å². The molecule has 0 aliphatic carbocycles. The number of pyridine rings is 1. The largest absolute Gasteiger partial charge is 0.284 e. The van der Waals surface area contributed by atoms with Crippen molar-refractivity contribution in [2.24, 2.45) is 0 Å². The van der Waals surface area contributed by atoms with Crippen molar-refractivity contribution in [3.8, 4) is 5.69 Å². The lowest BCUT2D eigenvalue weighted by Crippen LogP contribution is -2.16. The van der Waals surface area contributed by atoms with Crippen LogP contribution in [0.4, 0.5) is 0 Å². The van der Waals surface area contributed by atoms with Gasteiger partial charge in [0.05, 0.1) is 0 Å². The van der Waals surface area contributed by atoms with Gasteiger partial charge in [0.1, 0.15) is 0 Å². The van der Waals surface area contributed by atoms with Crippen molar-refractivity contribution >= 4 is 6.08 Å². The lowest BCUT2D eigenvalue weighted by Gasteiger charge is -2.06. The molecule has 0 atom stereocenters. The lowest BCUT2D eigenvalue weighted by molar-refractivity contribution is 0.987. The first kappa shape index (κ1) is 11.4. The van der Waals surface area contributed by atoms with Crippen LogP contribution in [0, 0.1) is 6.92 Å². The Morgan fingerprint density at radius 1 is 1.12 bits per heavy atom. The van der Waals surface area contributed by atoms with Crippen LogP contribution in [-0.4, -0.2) is 4.57 Å². The van der Waals surface area contributed by atoms with E-state index in [0.717, 1.165) is 11.3 Å². The zero-order valence-electron chi connectivity index (χ0n) is 10.1. The molecule has 0 bridgehead atoms. The first-order valence-electron chi connectivity index (χ1n) is 5.63. The van der Waals surface area contributed by atoms with Gasteiger partial charge in [0.2, 0.25) is 0 Å². The van der Waals surface area contributed by atoms with Crippen LogP contribution < -0.4 is 5.56 Å². The van der Waals surface area contributed by atoms with Crippen LogP contribution in [0.3, 0.4) is 0 Å². The summed E-state index contributed by atoms with van der Waals surface area (Å²) in [5, 5.41) is 0. The third-order valence-corrected chi connectivity index (χ3v) is 2.61. The highest BCUT2D eigenvalue weighted by Crippen LogP contribution is 2.08. The second-order valence-electron chi connectivity index (χ2n) is 4.00. The second-order valence-corrected chi connectivity index (χ2v) is 4.00. The van der Waals surface area contributed by atoms with Gasteiger partial charge in [-0.05, 0) is 37.6 Å². The normalized spacial score (nSPS) is 10.9. The highest BCUT2D eigenvalue weighted by Gasteiger charge is 1.99. The predicted molar refractivity (Wildman–Crippen MR) is 71.5 cm³/mol. The molecule has 0 spiro atoms. The van der Waals surface area contributed by atoms with Gasteiger partial charge < -0.3 is 0 Å². The zero-order chi connectivity index (χ0) is 12.3. The van der Waals surface area contributed by atoms with Gasteiger partial charge in [0.25, 0.3) is 5.56 Å². The molecular weight excluding hydrogens is 210 g/mol. The molecule has 1 aromatic heterocycles. The van der Waals surface area contributed by atoms with Crippen molar-refractivity contribution < 1.29 is 0 Å². The van der Waals surface area contributed by atoms with Crippen LogP contribution in [0.15, 0.2) is 53.5 Å². The molecule has 0 amide bonds. The van der Waals surface area contributed by atoms with Crippen molar-refractivity contribution in [2.45, 2.75) is 13.8 Å². The first-order chi connectivity index (χ1) is 8.20. The molecular formula is C15H15NO. The molecule has 2 rings (SSSR count). The summed E-state index contributed by atoms with van der Waals surface area (Å²) in [7, 11) is 0. The minimum Gasteiger partial charge on any atom is -0.284 e. The molecule has 0 aliphatic heterocycles. The van der Waals surface area contributed by atoms with Gasteiger partial charge in [0, 0.05) is 18.0 Å². The first-order valence-corrected chi connectivity index (χ1v) is 5.63. The summed E-state index contributed by atoms with van der Waals surface area (Å²) in [6.07, 6.45) is 5.65. The smallest absolute Gasteiger partial charge is 0.255 e. The van der Waals surface area contributed by atoms with E-state index in [-0.39, 0.29) is 5.56 Å².